The average molecular weight is 1690 g/mol. The van der Waals surface area contributed by atoms with Crippen LogP contribution in [0, 0.1) is 0 Å². The van der Waals surface area contributed by atoms with Crippen LogP contribution in [-0.4, -0.2) is 213 Å². The molecule has 0 aromatic carbocycles. The molecule has 5 N–H and O–H groups in total. The summed E-state index contributed by atoms with van der Waals surface area (Å²) in [4.78, 5) is 69.4. The van der Waals surface area contributed by atoms with Crippen LogP contribution < -0.4 is 60.9 Å². The third kappa shape index (κ3) is 27.8. The summed E-state index contributed by atoms with van der Waals surface area (Å²) in [5.41, 5.74) is -2.96. The van der Waals surface area contributed by atoms with Gasteiger partial charge in [0.1, 0.15) is 0 Å². The van der Waals surface area contributed by atoms with E-state index in [0.717, 1.165) is 192 Å². The van der Waals surface area contributed by atoms with E-state index in [9.17, 15) is 0 Å². The maximum atomic E-state index is 6.91. The molecule has 6 aliphatic rings. The average Bonchev–Trinajstić information content (AvgIpc) is 0.736. The second-order valence-electron chi connectivity index (χ2n) is 45.9. The molecule has 6 fully saturated rings. The molecule has 6 saturated heterocycles. The second-order valence-corrected chi connectivity index (χ2v) is 45.9. The molecule has 0 aliphatic carbocycles. The predicted molar refractivity (Wildman–Crippen MR) is 510 cm³/mol. The minimum atomic E-state index is -0.399. The molecule has 0 bridgehead atoms. The fourth-order valence-electron chi connectivity index (χ4n) is 23.6. The van der Waals surface area contributed by atoms with Crippen molar-refractivity contribution < 1.29 is 14.2 Å². The topological polar surface area (TPSA) is 227 Å². The first-order valence-corrected chi connectivity index (χ1v) is 49.0. The molecular weight excluding hydrogens is 1510 g/mol. The highest BCUT2D eigenvalue weighted by Gasteiger charge is 2.53. The standard InChI is InChI=1S/C97H181N21O3/c1-31-37-43-46-56-119-74-65-92(19,20)116(93(21,22)66-74)83-102-77(100-80(106-83)113(51-40-34-4)71-59-86(7,8)109-87(9,10)60-71)98-49-54-112(79-104-82(115(53-42-36-6)73-63-90(15,16)111-91(17,18)64-73)108-85(105-79)118-96(27,28)69-76(70-97(118,29)30)121-58-48-45-39-33-3)55-50-99-78-101-81(114(52-41-35-5)72-61-88(11,12)110-89(13,14)62-72)107-84(103-78)117-94(23,24)67-75(68-95(117,25)26)120-57-47-44-38-32-2/h71-76,109-111H,31-70H2,1-30H3,(H,98,100,102,106)(H,99,101,103,107). The Morgan fingerprint density at radius 2 is 0.521 bits per heavy atom. The van der Waals surface area contributed by atoms with Crippen LogP contribution in [0.15, 0.2) is 0 Å². The SMILES string of the molecule is CCCCCCOC1CC(C)(C)N(c2nc(NCCN(CCNc3nc(N(CCCC)C4CC(C)(C)NC(C)(C)C4)nc(N4C(C)(C)CC(OCCCCCC)CC4(C)C)n3)c3nc(N(CCCC)C4CC(C)(C)NC(C)(C)C4)nc(N4C(C)(C)CC(OCCCCCC)CC4(C)C)n3)nc(N(CCCC)C3CC(C)(C)NC(C)(C)C3)n2)C(C)(C)C1. The Labute approximate surface area is 738 Å². The molecule has 24 heteroatoms. The van der Waals surface area contributed by atoms with Gasteiger partial charge >= 0.3 is 0 Å². The van der Waals surface area contributed by atoms with E-state index in [1.807, 2.05) is 0 Å². The lowest BCUT2D eigenvalue weighted by atomic mass is 9.78. The molecule has 9 heterocycles. The molecule has 3 aromatic heterocycles. The van der Waals surface area contributed by atoms with Crippen molar-refractivity contribution in [2.24, 2.45) is 0 Å². The molecule has 0 saturated carbocycles. The van der Waals surface area contributed by atoms with Gasteiger partial charge in [-0.15, -0.1) is 0 Å². The first-order valence-electron chi connectivity index (χ1n) is 49.0. The fraction of sp³-hybridized carbons (Fsp3) is 0.907. The first-order chi connectivity index (χ1) is 56.5. The van der Waals surface area contributed by atoms with Gasteiger partial charge in [0.2, 0.25) is 53.5 Å². The van der Waals surface area contributed by atoms with Crippen molar-refractivity contribution >= 4 is 53.5 Å². The number of hydrogen-bond acceptors (Lipinski definition) is 24. The molecule has 121 heavy (non-hydrogen) atoms. The maximum absolute atomic E-state index is 6.91. The number of piperidine rings is 6. The zero-order chi connectivity index (χ0) is 89.0. The van der Waals surface area contributed by atoms with E-state index in [2.05, 4.69) is 269 Å². The fourth-order valence-corrected chi connectivity index (χ4v) is 23.6. The zero-order valence-corrected chi connectivity index (χ0v) is 83.1. The molecule has 6 aliphatic heterocycles. The van der Waals surface area contributed by atoms with Gasteiger partial charge in [0.25, 0.3) is 0 Å². The first kappa shape index (κ1) is 99.8. The van der Waals surface area contributed by atoms with Crippen molar-refractivity contribution in [3.63, 3.8) is 0 Å². The maximum Gasteiger partial charge on any atom is 0.232 e. The highest BCUT2D eigenvalue weighted by molar-refractivity contribution is 5.55. The number of ether oxygens (including phenoxy) is 3. The summed E-state index contributed by atoms with van der Waals surface area (Å²) in [6, 6.07) is 0.512. The number of aromatic nitrogens is 9. The summed E-state index contributed by atoms with van der Waals surface area (Å²) in [5, 5.41) is 20.0. The second kappa shape index (κ2) is 41.4. The summed E-state index contributed by atoms with van der Waals surface area (Å²) in [7, 11) is 0. The Morgan fingerprint density at radius 1 is 0.281 bits per heavy atom. The van der Waals surface area contributed by atoms with Crippen LogP contribution in [0.5, 0.6) is 0 Å². The van der Waals surface area contributed by atoms with Gasteiger partial charge in [-0.1, -0.05) is 119 Å². The molecule has 0 atom stereocenters. The minimum absolute atomic E-state index is 0.0887. The van der Waals surface area contributed by atoms with E-state index in [4.69, 9.17) is 59.1 Å². The third-order valence-corrected chi connectivity index (χ3v) is 26.9. The van der Waals surface area contributed by atoms with E-state index >= 15 is 0 Å². The summed E-state index contributed by atoms with van der Waals surface area (Å²) in [5.74, 6) is 5.96. The number of rotatable bonds is 45. The van der Waals surface area contributed by atoms with Crippen LogP contribution in [0.4, 0.5) is 53.5 Å². The number of nitrogens with one attached hydrogen (secondary N) is 5. The largest absolute Gasteiger partial charge is 0.378 e. The van der Waals surface area contributed by atoms with Crippen LogP contribution in [-0.2, 0) is 14.2 Å². The normalized spacial score (nSPS) is 22.5. The van der Waals surface area contributed by atoms with Gasteiger partial charge in [-0.3, -0.25) is 0 Å². The van der Waals surface area contributed by atoms with Crippen molar-refractivity contribution in [2.45, 2.75) is 503 Å². The van der Waals surface area contributed by atoms with Gasteiger partial charge in [0.15, 0.2) is 0 Å². The molecule has 0 spiro atoms. The molecule has 0 amide bonds. The molecule has 692 valence electrons. The zero-order valence-electron chi connectivity index (χ0n) is 83.1. The molecule has 0 unspecified atom stereocenters. The quantitative estimate of drug-likeness (QED) is 0.0332. The number of anilines is 9. The van der Waals surface area contributed by atoms with Crippen molar-refractivity contribution in [3.8, 4) is 0 Å². The van der Waals surface area contributed by atoms with Gasteiger partial charge in [-0.25, -0.2) is 0 Å². The minimum Gasteiger partial charge on any atom is -0.378 e. The Balaban J connectivity index is 1.21. The van der Waals surface area contributed by atoms with E-state index in [-0.39, 0.29) is 91.8 Å². The molecule has 24 nitrogen and oxygen atoms in total. The third-order valence-electron chi connectivity index (χ3n) is 26.9. The van der Waals surface area contributed by atoms with Crippen molar-refractivity contribution in [1.29, 1.82) is 0 Å². The van der Waals surface area contributed by atoms with Crippen molar-refractivity contribution in [1.82, 2.24) is 60.8 Å². The Kier molecular flexibility index (Phi) is 34.1. The van der Waals surface area contributed by atoms with Gasteiger partial charge in [-0.2, -0.15) is 44.9 Å². The summed E-state index contributed by atoms with van der Waals surface area (Å²) in [6.45, 7) is 77.2. The van der Waals surface area contributed by atoms with Crippen molar-refractivity contribution in [2.75, 3.05) is 111 Å². The van der Waals surface area contributed by atoms with E-state index in [0.29, 0.717) is 61.9 Å². The summed E-state index contributed by atoms with van der Waals surface area (Å²) in [6.07, 6.45) is 31.4. The van der Waals surface area contributed by atoms with Gasteiger partial charge in [0, 0.05) is 150 Å². The van der Waals surface area contributed by atoms with E-state index < -0.39 is 11.1 Å². The highest BCUT2D eigenvalue weighted by Crippen LogP contribution is 2.48. The lowest BCUT2D eigenvalue weighted by molar-refractivity contribution is -0.00925. The van der Waals surface area contributed by atoms with E-state index in [1.54, 1.807) is 0 Å². The van der Waals surface area contributed by atoms with Gasteiger partial charge < -0.3 is 75.1 Å². The Bertz CT molecular complexity index is 3410. The van der Waals surface area contributed by atoms with Crippen LogP contribution in [0.2, 0.25) is 0 Å². The Morgan fingerprint density at radius 3 is 0.777 bits per heavy atom. The monoisotopic (exact) mass is 1690 g/mol. The van der Waals surface area contributed by atoms with Gasteiger partial charge in [0.05, 0.1) is 18.3 Å². The molecule has 9 rings (SSSR count). The highest BCUT2D eigenvalue weighted by atomic mass is 16.5. The molecular formula is C97H181N21O3. The van der Waals surface area contributed by atoms with Gasteiger partial charge in [-0.05, 0) is 282 Å². The van der Waals surface area contributed by atoms with Crippen LogP contribution in [0.1, 0.15) is 400 Å². The van der Waals surface area contributed by atoms with E-state index in [1.165, 1.54) is 57.8 Å². The summed E-state index contributed by atoms with van der Waals surface area (Å²) >= 11 is 0. The molecule has 0 radical (unpaired) electrons. The lowest BCUT2D eigenvalue weighted by Crippen LogP contribution is -2.63. The predicted octanol–water partition coefficient (Wildman–Crippen LogP) is 20.4. The Hall–Kier alpha value is -5.01. The number of unbranched alkanes of at least 4 members (excludes halogenated alkanes) is 12. The van der Waals surface area contributed by atoms with Crippen LogP contribution >= 0.6 is 0 Å². The van der Waals surface area contributed by atoms with Crippen LogP contribution in [0.25, 0.3) is 0 Å². The summed E-state index contributed by atoms with van der Waals surface area (Å²) < 4.78 is 20.6. The number of hydrogen-bond donors (Lipinski definition) is 5. The smallest absolute Gasteiger partial charge is 0.232 e. The molecule has 3 aromatic rings. The number of nitrogens with zero attached hydrogens (tertiary/aromatic N) is 16. The lowest BCUT2D eigenvalue weighted by Gasteiger charge is -2.55. The van der Waals surface area contributed by atoms with Crippen molar-refractivity contribution in [3.05, 3.63) is 0 Å². The van der Waals surface area contributed by atoms with Crippen LogP contribution in [0.3, 0.4) is 0 Å².